The van der Waals surface area contributed by atoms with Gasteiger partial charge in [0.15, 0.2) is 5.78 Å². The maximum absolute atomic E-state index is 13.2. The van der Waals surface area contributed by atoms with Gasteiger partial charge in [0.1, 0.15) is 23.1 Å². The highest BCUT2D eigenvalue weighted by atomic mass is 32.1. The molecule has 0 N–H and O–H groups in total. The Bertz CT molecular complexity index is 1180. The number of Topliss-reactive ketones (excluding diaryl/α,β-unsaturated/α-hetero) is 1. The van der Waals surface area contributed by atoms with Gasteiger partial charge in [-0.25, -0.2) is 4.39 Å². The van der Waals surface area contributed by atoms with Crippen LogP contribution in [0.5, 0.6) is 5.75 Å². The second kappa shape index (κ2) is 8.43. The van der Waals surface area contributed by atoms with Crippen LogP contribution in [0.3, 0.4) is 0 Å². The van der Waals surface area contributed by atoms with Crippen LogP contribution >= 0.6 is 11.3 Å². The number of amides is 1. The average molecular weight is 437 g/mol. The summed E-state index contributed by atoms with van der Waals surface area (Å²) in [6, 6.07) is 12.9. The van der Waals surface area contributed by atoms with E-state index in [1.54, 1.807) is 7.11 Å². The van der Waals surface area contributed by atoms with E-state index in [1.165, 1.54) is 40.5 Å². The summed E-state index contributed by atoms with van der Waals surface area (Å²) in [4.78, 5) is 33.0. The van der Waals surface area contributed by atoms with E-state index < -0.39 is 5.82 Å². The molecular formula is C24H21FN2O3S. The lowest BCUT2D eigenvalue weighted by Gasteiger charge is -2.20. The van der Waals surface area contributed by atoms with Crippen LogP contribution in [0, 0.1) is 19.7 Å². The largest absolute Gasteiger partial charge is 0.497 e. The van der Waals surface area contributed by atoms with Crippen molar-refractivity contribution < 1.29 is 18.7 Å². The van der Waals surface area contributed by atoms with Crippen molar-refractivity contribution in [3.05, 3.63) is 81.5 Å². The number of nitrogens with zero attached hydrogens (tertiary/aromatic N) is 2. The molecule has 0 aliphatic carbocycles. The third-order valence-electron chi connectivity index (χ3n) is 5.35. The third-order valence-corrected chi connectivity index (χ3v) is 6.58. The molecule has 3 aromatic rings. The van der Waals surface area contributed by atoms with Crippen LogP contribution in [0.2, 0.25) is 0 Å². The number of ketones is 1. The number of benzene rings is 2. The van der Waals surface area contributed by atoms with E-state index in [4.69, 9.17) is 4.74 Å². The van der Waals surface area contributed by atoms with Crippen LogP contribution in [0.4, 0.5) is 9.39 Å². The van der Waals surface area contributed by atoms with Crippen molar-refractivity contribution in [3.8, 4) is 5.75 Å². The molecule has 0 saturated heterocycles. The number of hydrogen-bond acceptors (Lipinski definition) is 5. The first kappa shape index (κ1) is 20.9. The molecule has 1 aliphatic heterocycles. The fourth-order valence-electron chi connectivity index (χ4n) is 3.52. The molecule has 1 aliphatic rings. The van der Waals surface area contributed by atoms with Gasteiger partial charge in [0.05, 0.1) is 19.4 Å². The highest BCUT2D eigenvalue weighted by molar-refractivity contribution is 7.17. The number of anilines is 1. The number of rotatable bonds is 5. The van der Waals surface area contributed by atoms with Crippen molar-refractivity contribution in [3.63, 3.8) is 0 Å². The zero-order valence-electron chi connectivity index (χ0n) is 17.4. The van der Waals surface area contributed by atoms with Crippen LogP contribution in [-0.2, 0) is 4.79 Å². The Balaban J connectivity index is 1.74. The van der Waals surface area contributed by atoms with E-state index in [2.05, 4.69) is 4.99 Å². The lowest BCUT2D eigenvalue weighted by atomic mass is 9.99. The van der Waals surface area contributed by atoms with Gasteiger partial charge < -0.3 is 4.74 Å². The molecule has 4 rings (SSSR count). The first-order valence-electron chi connectivity index (χ1n) is 9.77. The molecule has 0 bridgehead atoms. The number of fused-ring (bicyclic) bond motifs is 1. The zero-order valence-corrected chi connectivity index (χ0v) is 18.3. The van der Waals surface area contributed by atoms with Crippen molar-refractivity contribution in [1.82, 2.24) is 0 Å². The number of halogens is 1. The highest BCUT2D eigenvalue weighted by Gasteiger charge is 2.31. The maximum Gasteiger partial charge on any atom is 0.249 e. The van der Waals surface area contributed by atoms with Gasteiger partial charge in [-0.15, -0.1) is 11.3 Å². The van der Waals surface area contributed by atoms with Crippen LogP contribution in [0.25, 0.3) is 0 Å². The van der Waals surface area contributed by atoms with Gasteiger partial charge in [-0.1, -0.05) is 0 Å². The highest BCUT2D eigenvalue weighted by Crippen LogP contribution is 2.39. The summed E-state index contributed by atoms with van der Waals surface area (Å²) < 4.78 is 18.5. The van der Waals surface area contributed by atoms with Crippen LogP contribution in [-0.4, -0.2) is 37.6 Å². The molecule has 1 amide bonds. The summed E-state index contributed by atoms with van der Waals surface area (Å²) in [5.74, 6) is -0.178. The second-order valence-corrected chi connectivity index (χ2v) is 8.47. The Morgan fingerprint density at radius 1 is 1.13 bits per heavy atom. The fraction of sp³-hybridized carbons (Fsp3) is 0.208. The van der Waals surface area contributed by atoms with Gasteiger partial charge in [-0.05, 0) is 67.9 Å². The maximum atomic E-state index is 13.2. The normalized spacial score (nSPS) is 13.5. The molecule has 31 heavy (non-hydrogen) atoms. The van der Waals surface area contributed by atoms with Gasteiger partial charge in [0.2, 0.25) is 5.91 Å². The molecule has 5 nitrogen and oxygen atoms in total. The summed E-state index contributed by atoms with van der Waals surface area (Å²) >= 11 is 1.48. The van der Waals surface area contributed by atoms with Gasteiger partial charge in [0.25, 0.3) is 0 Å². The van der Waals surface area contributed by atoms with Crippen molar-refractivity contribution in [2.75, 3.05) is 25.1 Å². The second-order valence-electron chi connectivity index (χ2n) is 7.27. The summed E-state index contributed by atoms with van der Waals surface area (Å²) in [5, 5.41) is 0.711. The lowest BCUT2D eigenvalue weighted by molar-refractivity contribution is -0.117. The fourth-order valence-corrected chi connectivity index (χ4v) is 4.69. The molecule has 158 valence electrons. The quantitative estimate of drug-likeness (QED) is 0.550. The minimum atomic E-state index is -0.410. The number of carbonyl (C=O) groups is 2. The minimum absolute atomic E-state index is 0.0576. The van der Waals surface area contributed by atoms with E-state index in [-0.39, 0.29) is 24.8 Å². The van der Waals surface area contributed by atoms with E-state index in [9.17, 15) is 14.0 Å². The van der Waals surface area contributed by atoms with E-state index in [1.807, 2.05) is 38.1 Å². The van der Waals surface area contributed by atoms with Gasteiger partial charge >= 0.3 is 0 Å². The van der Waals surface area contributed by atoms with Gasteiger partial charge in [-0.3, -0.25) is 19.5 Å². The molecule has 0 unspecified atom stereocenters. The minimum Gasteiger partial charge on any atom is -0.497 e. The molecular weight excluding hydrogens is 415 g/mol. The number of aryl methyl sites for hydroxylation is 1. The Labute approximate surface area is 183 Å². The molecule has 7 heteroatoms. The molecule has 1 aromatic heterocycles. The summed E-state index contributed by atoms with van der Waals surface area (Å²) in [7, 11) is 1.61. The Morgan fingerprint density at radius 2 is 1.81 bits per heavy atom. The molecule has 0 fully saturated rings. The van der Waals surface area contributed by atoms with Crippen LogP contribution in [0.15, 0.2) is 53.5 Å². The standard InChI is InChI=1S/C24H21FN2O3S/c1-14-15(2)31-24-22(14)23(17-6-10-19(30-3)11-7-17)26-12-21(29)27(24)13-20(28)16-4-8-18(25)9-5-16/h4-11H,12-13H2,1-3H3. The van der Waals surface area contributed by atoms with Crippen molar-refractivity contribution in [1.29, 1.82) is 0 Å². The predicted molar refractivity (Wildman–Crippen MR) is 120 cm³/mol. The van der Waals surface area contributed by atoms with Crippen molar-refractivity contribution in [2.45, 2.75) is 13.8 Å². The smallest absolute Gasteiger partial charge is 0.249 e. The molecule has 2 aromatic carbocycles. The summed E-state index contributed by atoms with van der Waals surface area (Å²) in [5.41, 5.74) is 3.86. The van der Waals surface area contributed by atoms with Crippen LogP contribution < -0.4 is 9.64 Å². The first-order valence-corrected chi connectivity index (χ1v) is 10.6. The van der Waals surface area contributed by atoms with E-state index in [0.29, 0.717) is 10.6 Å². The number of ether oxygens (including phenoxy) is 1. The number of methoxy groups -OCH3 is 1. The zero-order chi connectivity index (χ0) is 22.1. The lowest BCUT2D eigenvalue weighted by Crippen LogP contribution is -2.36. The van der Waals surface area contributed by atoms with Crippen molar-refractivity contribution >= 4 is 33.7 Å². The number of hydrogen-bond donors (Lipinski definition) is 0. The molecule has 0 radical (unpaired) electrons. The molecule has 0 saturated carbocycles. The van der Waals surface area contributed by atoms with Gasteiger partial charge in [-0.2, -0.15) is 0 Å². The Morgan fingerprint density at radius 3 is 2.45 bits per heavy atom. The summed E-state index contributed by atoms with van der Waals surface area (Å²) in [6.07, 6.45) is 0. The van der Waals surface area contributed by atoms with E-state index >= 15 is 0 Å². The molecule has 0 atom stereocenters. The third kappa shape index (κ3) is 4.01. The number of carbonyl (C=O) groups excluding carboxylic acids is 2. The van der Waals surface area contributed by atoms with Gasteiger partial charge in [0, 0.05) is 21.6 Å². The van der Waals surface area contributed by atoms with E-state index in [0.717, 1.165) is 33.0 Å². The average Bonchev–Trinajstić information content (AvgIpc) is 2.99. The Hall–Kier alpha value is -3.32. The van der Waals surface area contributed by atoms with Crippen LogP contribution in [0.1, 0.15) is 31.9 Å². The SMILES string of the molecule is COc1ccc(C2=NCC(=O)N(CC(=O)c3ccc(F)cc3)c3sc(C)c(C)c32)cc1. The first-order chi connectivity index (χ1) is 14.9. The monoisotopic (exact) mass is 436 g/mol. The molecule has 0 spiro atoms. The Kier molecular flexibility index (Phi) is 5.69. The number of thiophene rings is 1. The number of aliphatic imine (C=N–C) groups is 1. The van der Waals surface area contributed by atoms with Crippen molar-refractivity contribution in [2.24, 2.45) is 4.99 Å². The molecule has 2 heterocycles. The summed E-state index contributed by atoms with van der Waals surface area (Å²) in [6.45, 7) is 3.81. The topological polar surface area (TPSA) is 59.0 Å². The predicted octanol–water partition coefficient (Wildman–Crippen LogP) is 4.58.